The third kappa shape index (κ3) is 4.66. The summed E-state index contributed by atoms with van der Waals surface area (Å²) >= 11 is 0. The van der Waals surface area contributed by atoms with Gasteiger partial charge in [-0.05, 0) is 5.56 Å². The van der Waals surface area contributed by atoms with Crippen molar-refractivity contribution in [3.8, 4) is 0 Å². The van der Waals surface area contributed by atoms with Crippen molar-refractivity contribution >= 4 is 17.9 Å². The molecule has 0 radical (unpaired) electrons. The molecule has 7 nitrogen and oxygen atoms in total. The average Bonchev–Trinajstić information content (AvgIpc) is 2.42. The number of urea groups is 1. The fourth-order valence-electron chi connectivity index (χ4n) is 1.36. The lowest BCUT2D eigenvalue weighted by Crippen LogP contribution is -2.44. The van der Waals surface area contributed by atoms with E-state index >= 15 is 0 Å². The van der Waals surface area contributed by atoms with Crippen LogP contribution in [0.5, 0.6) is 0 Å². The number of carboxylic acids is 1. The number of carbonyl (C=O) groups excluding carboxylic acids is 2. The SMILES string of the molecule is CNC(=O)CNC(=O)NC(C(=O)O)c1ccccc1. The van der Waals surface area contributed by atoms with Crippen LogP contribution in [0.25, 0.3) is 0 Å². The van der Waals surface area contributed by atoms with Crippen molar-refractivity contribution in [2.24, 2.45) is 0 Å². The van der Waals surface area contributed by atoms with E-state index in [1.165, 1.54) is 7.05 Å². The molecule has 1 rings (SSSR count). The minimum atomic E-state index is -1.18. The summed E-state index contributed by atoms with van der Waals surface area (Å²) in [6.45, 7) is -0.219. The molecule has 0 aliphatic rings. The molecular formula is C12H15N3O4. The maximum Gasteiger partial charge on any atom is 0.330 e. The van der Waals surface area contributed by atoms with Crippen molar-refractivity contribution in [3.63, 3.8) is 0 Å². The van der Waals surface area contributed by atoms with Gasteiger partial charge in [0.15, 0.2) is 6.04 Å². The third-order valence-corrected chi connectivity index (χ3v) is 2.34. The largest absolute Gasteiger partial charge is 0.479 e. The van der Waals surface area contributed by atoms with Gasteiger partial charge in [0.2, 0.25) is 5.91 Å². The lowest BCUT2D eigenvalue weighted by molar-refractivity contribution is -0.139. The number of hydrogen-bond donors (Lipinski definition) is 4. The maximum absolute atomic E-state index is 11.5. The summed E-state index contributed by atoms with van der Waals surface area (Å²) in [6.07, 6.45) is 0. The van der Waals surface area contributed by atoms with Gasteiger partial charge in [-0.2, -0.15) is 0 Å². The summed E-state index contributed by atoms with van der Waals surface area (Å²) in [5.74, 6) is -1.55. The van der Waals surface area contributed by atoms with Crippen molar-refractivity contribution in [2.75, 3.05) is 13.6 Å². The zero-order chi connectivity index (χ0) is 14.3. The second-order valence-electron chi connectivity index (χ2n) is 3.68. The number of aliphatic carboxylic acids is 1. The molecular weight excluding hydrogens is 250 g/mol. The molecule has 0 heterocycles. The number of nitrogens with one attached hydrogen (secondary N) is 3. The minimum absolute atomic E-state index is 0.219. The molecule has 0 saturated carbocycles. The van der Waals surface area contributed by atoms with Crippen molar-refractivity contribution in [3.05, 3.63) is 35.9 Å². The zero-order valence-corrected chi connectivity index (χ0v) is 10.3. The lowest BCUT2D eigenvalue weighted by Gasteiger charge is -2.15. The number of amides is 3. The van der Waals surface area contributed by atoms with Crippen molar-refractivity contribution in [2.45, 2.75) is 6.04 Å². The molecule has 0 aliphatic carbocycles. The molecule has 3 amide bonds. The van der Waals surface area contributed by atoms with E-state index in [-0.39, 0.29) is 12.5 Å². The highest BCUT2D eigenvalue weighted by Gasteiger charge is 2.21. The quantitative estimate of drug-likeness (QED) is 0.594. The van der Waals surface area contributed by atoms with Crippen molar-refractivity contribution in [1.82, 2.24) is 16.0 Å². The second-order valence-corrected chi connectivity index (χ2v) is 3.68. The number of carbonyl (C=O) groups is 3. The van der Waals surface area contributed by atoms with E-state index in [0.29, 0.717) is 5.56 Å². The Morgan fingerprint density at radius 2 is 1.84 bits per heavy atom. The number of likely N-dealkylation sites (N-methyl/N-ethyl adjacent to an activating group) is 1. The average molecular weight is 265 g/mol. The number of rotatable bonds is 5. The smallest absolute Gasteiger partial charge is 0.330 e. The fraction of sp³-hybridized carbons (Fsp3) is 0.250. The topological polar surface area (TPSA) is 108 Å². The van der Waals surface area contributed by atoms with Gasteiger partial charge < -0.3 is 21.1 Å². The predicted molar refractivity (Wildman–Crippen MR) is 67.4 cm³/mol. The van der Waals surface area contributed by atoms with Gasteiger partial charge in [0.05, 0.1) is 6.54 Å². The highest BCUT2D eigenvalue weighted by Crippen LogP contribution is 2.12. The Morgan fingerprint density at radius 3 is 2.37 bits per heavy atom. The fourth-order valence-corrected chi connectivity index (χ4v) is 1.36. The number of hydrogen-bond acceptors (Lipinski definition) is 3. The van der Waals surface area contributed by atoms with E-state index in [0.717, 1.165) is 0 Å². The summed E-state index contributed by atoms with van der Waals surface area (Å²) in [5.41, 5.74) is 0.449. The summed E-state index contributed by atoms with van der Waals surface area (Å²) in [6, 6.07) is 6.40. The van der Waals surface area contributed by atoms with Gasteiger partial charge in [0.25, 0.3) is 0 Å². The molecule has 1 unspecified atom stereocenters. The molecule has 1 aromatic carbocycles. The van der Waals surface area contributed by atoms with Crippen LogP contribution in [0.4, 0.5) is 4.79 Å². The first kappa shape index (κ1) is 14.5. The Morgan fingerprint density at radius 1 is 1.21 bits per heavy atom. The van der Waals surface area contributed by atoms with Gasteiger partial charge >= 0.3 is 12.0 Å². The molecule has 102 valence electrons. The van der Waals surface area contributed by atoms with E-state index in [1.54, 1.807) is 30.3 Å². The second kappa shape index (κ2) is 7.00. The Balaban J connectivity index is 2.62. The molecule has 0 saturated heterocycles. The summed E-state index contributed by atoms with van der Waals surface area (Å²) in [4.78, 5) is 33.5. The van der Waals surface area contributed by atoms with Crippen LogP contribution in [0.2, 0.25) is 0 Å². The Bertz CT molecular complexity index is 461. The highest BCUT2D eigenvalue weighted by molar-refractivity contribution is 5.86. The monoisotopic (exact) mass is 265 g/mol. The molecule has 1 atom stereocenters. The van der Waals surface area contributed by atoms with Crippen LogP contribution in [0, 0.1) is 0 Å². The van der Waals surface area contributed by atoms with Gasteiger partial charge in [-0.25, -0.2) is 9.59 Å². The van der Waals surface area contributed by atoms with Gasteiger partial charge in [0, 0.05) is 7.05 Å². The first-order valence-corrected chi connectivity index (χ1v) is 5.57. The summed E-state index contributed by atoms with van der Waals surface area (Å²) < 4.78 is 0. The van der Waals surface area contributed by atoms with Crippen LogP contribution in [0.1, 0.15) is 11.6 Å². The van der Waals surface area contributed by atoms with Crippen molar-refractivity contribution < 1.29 is 19.5 Å². The molecule has 4 N–H and O–H groups in total. The van der Waals surface area contributed by atoms with Crippen LogP contribution < -0.4 is 16.0 Å². The molecule has 0 fully saturated rings. The van der Waals surface area contributed by atoms with Crippen LogP contribution in [0.3, 0.4) is 0 Å². The molecule has 0 aromatic heterocycles. The number of benzene rings is 1. The van der Waals surface area contributed by atoms with E-state index in [2.05, 4.69) is 16.0 Å². The first-order chi connectivity index (χ1) is 9.04. The Hall–Kier alpha value is -2.57. The molecule has 0 bridgehead atoms. The molecule has 1 aromatic rings. The molecule has 0 aliphatic heterocycles. The van der Waals surface area contributed by atoms with Crippen LogP contribution >= 0.6 is 0 Å². The summed E-state index contributed by atoms with van der Waals surface area (Å²) in [5, 5.41) is 16.0. The molecule has 19 heavy (non-hydrogen) atoms. The lowest BCUT2D eigenvalue weighted by atomic mass is 10.1. The third-order valence-electron chi connectivity index (χ3n) is 2.34. The Labute approximate surface area is 110 Å². The van der Waals surface area contributed by atoms with Crippen LogP contribution in [0.15, 0.2) is 30.3 Å². The molecule has 0 spiro atoms. The van der Waals surface area contributed by atoms with E-state index in [9.17, 15) is 14.4 Å². The highest BCUT2D eigenvalue weighted by atomic mass is 16.4. The van der Waals surface area contributed by atoms with Crippen LogP contribution in [-0.4, -0.2) is 36.6 Å². The molecule has 7 heteroatoms. The van der Waals surface area contributed by atoms with E-state index in [4.69, 9.17) is 5.11 Å². The Kier molecular flexibility index (Phi) is 5.34. The standard InChI is InChI=1S/C12H15N3O4/c1-13-9(16)7-14-12(19)15-10(11(17)18)8-5-3-2-4-6-8/h2-6,10H,7H2,1H3,(H,13,16)(H,17,18)(H2,14,15,19). The van der Waals surface area contributed by atoms with E-state index < -0.39 is 18.0 Å². The van der Waals surface area contributed by atoms with Crippen molar-refractivity contribution in [1.29, 1.82) is 0 Å². The number of carboxylic acid groups (broad SMARTS) is 1. The van der Waals surface area contributed by atoms with Gasteiger partial charge in [0.1, 0.15) is 0 Å². The zero-order valence-electron chi connectivity index (χ0n) is 10.3. The normalized spacial score (nSPS) is 11.2. The maximum atomic E-state index is 11.5. The van der Waals surface area contributed by atoms with Gasteiger partial charge in [-0.3, -0.25) is 4.79 Å². The minimum Gasteiger partial charge on any atom is -0.479 e. The van der Waals surface area contributed by atoms with Gasteiger partial charge in [-0.1, -0.05) is 30.3 Å². The van der Waals surface area contributed by atoms with Crippen LogP contribution in [-0.2, 0) is 9.59 Å². The van der Waals surface area contributed by atoms with Gasteiger partial charge in [-0.15, -0.1) is 0 Å². The van der Waals surface area contributed by atoms with E-state index in [1.807, 2.05) is 0 Å². The predicted octanol–water partition coefficient (Wildman–Crippen LogP) is -0.142. The summed E-state index contributed by atoms with van der Waals surface area (Å²) in [7, 11) is 1.44. The first-order valence-electron chi connectivity index (χ1n) is 5.57.